The number of amides is 1. The second-order valence-electron chi connectivity index (χ2n) is 15.7. The van der Waals surface area contributed by atoms with Gasteiger partial charge in [0.15, 0.2) is 14.1 Å². The predicted octanol–water partition coefficient (Wildman–Crippen LogP) is 8.28. The number of benzene rings is 1. The van der Waals surface area contributed by atoms with Crippen molar-refractivity contribution < 1.29 is 23.2 Å². The molecule has 4 aromatic rings. The topological polar surface area (TPSA) is 116 Å². The summed E-state index contributed by atoms with van der Waals surface area (Å²) in [5.74, 6) is 2.75. The van der Waals surface area contributed by atoms with Crippen molar-refractivity contribution in [3.8, 4) is 28.4 Å². The summed E-state index contributed by atoms with van der Waals surface area (Å²) in [4.78, 5) is 31.5. The molecule has 0 saturated carbocycles. The lowest BCUT2D eigenvalue weighted by Crippen LogP contribution is -2.49. The molecule has 50 heavy (non-hydrogen) atoms. The fraction of sp³-hybridized carbons (Fsp3) is 0.500. The number of aromatic nitrogens is 4. The lowest BCUT2D eigenvalue weighted by Gasteiger charge is -2.40. The van der Waals surface area contributed by atoms with E-state index in [0.717, 1.165) is 39.6 Å². The number of rotatable bonds is 10. The van der Waals surface area contributed by atoms with Crippen LogP contribution in [-0.2, 0) is 22.3 Å². The van der Waals surface area contributed by atoms with E-state index in [0.29, 0.717) is 37.0 Å². The molecule has 0 N–H and O–H groups in total. The van der Waals surface area contributed by atoms with Crippen LogP contribution in [0.4, 0.5) is 10.6 Å². The minimum absolute atomic E-state index is 0.0260. The third-order valence-electron chi connectivity index (χ3n) is 9.35. The fourth-order valence-electron chi connectivity index (χ4n) is 5.71. The predicted molar refractivity (Wildman–Crippen MR) is 198 cm³/mol. The summed E-state index contributed by atoms with van der Waals surface area (Å²) in [7, 11) is -0.479. The van der Waals surface area contributed by atoms with Crippen LogP contribution in [0.5, 0.6) is 5.75 Å². The smallest absolute Gasteiger partial charge is 0.410 e. The van der Waals surface area contributed by atoms with E-state index in [4.69, 9.17) is 28.4 Å². The molecule has 0 unspecified atom stereocenters. The number of ether oxygens (including phenoxy) is 2. The zero-order valence-corrected chi connectivity index (χ0v) is 32.7. The molecule has 1 aromatic carbocycles. The SMILES string of the molecule is Cc1noc(C)c1-c1nc(-c2cccc(OC[C@@H](CN(C)C(=O)OC(C)(C)C)O[Si](C)(C)C(C)(C)C)c2)nc(N2Cc3cccnc3C2)c1C. The highest BCUT2D eigenvalue weighted by Gasteiger charge is 2.40. The highest BCUT2D eigenvalue weighted by molar-refractivity contribution is 6.74. The van der Waals surface area contributed by atoms with E-state index in [-0.39, 0.29) is 17.7 Å². The van der Waals surface area contributed by atoms with E-state index in [2.05, 4.69) is 55.0 Å². The molecule has 0 saturated heterocycles. The first-order valence-corrected chi connectivity index (χ1v) is 20.1. The largest absolute Gasteiger partial charge is 0.491 e. The number of hydrogen-bond acceptors (Lipinski definition) is 10. The number of carbonyl (C=O) groups is 1. The van der Waals surface area contributed by atoms with Gasteiger partial charge in [0.05, 0.1) is 41.8 Å². The first-order chi connectivity index (χ1) is 23.3. The van der Waals surface area contributed by atoms with Crippen LogP contribution in [0, 0.1) is 20.8 Å². The van der Waals surface area contributed by atoms with Gasteiger partial charge in [0, 0.05) is 30.9 Å². The minimum atomic E-state index is -2.21. The first-order valence-electron chi connectivity index (χ1n) is 17.2. The first kappa shape index (κ1) is 37.0. The number of nitrogens with zero attached hydrogens (tertiary/aromatic N) is 6. The molecule has 3 aromatic heterocycles. The minimum Gasteiger partial charge on any atom is -0.491 e. The van der Waals surface area contributed by atoms with Crippen LogP contribution in [0.15, 0.2) is 47.1 Å². The van der Waals surface area contributed by atoms with Crippen LogP contribution >= 0.6 is 0 Å². The Labute approximate surface area is 297 Å². The Bertz CT molecular complexity index is 1800. The molecular formula is C38H52N6O5Si. The third-order valence-corrected chi connectivity index (χ3v) is 13.9. The van der Waals surface area contributed by atoms with Crippen molar-refractivity contribution in [1.82, 2.24) is 25.0 Å². The van der Waals surface area contributed by atoms with Gasteiger partial charge in [0.1, 0.15) is 29.5 Å². The van der Waals surface area contributed by atoms with Crippen LogP contribution in [0.1, 0.15) is 69.8 Å². The molecule has 1 aliphatic heterocycles. The highest BCUT2D eigenvalue weighted by Crippen LogP contribution is 2.39. The summed E-state index contributed by atoms with van der Waals surface area (Å²) in [6.07, 6.45) is 1.05. The van der Waals surface area contributed by atoms with Gasteiger partial charge in [-0.05, 0) is 83.4 Å². The maximum Gasteiger partial charge on any atom is 0.410 e. The van der Waals surface area contributed by atoms with Gasteiger partial charge in [-0.15, -0.1) is 0 Å². The average molecular weight is 701 g/mol. The van der Waals surface area contributed by atoms with Crippen molar-refractivity contribution in [2.45, 2.75) is 105 Å². The molecule has 1 aliphatic rings. The number of hydrogen-bond donors (Lipinski definition) is 0. The molecule has 5 rings (SSSR count). The Morgan fingerprint density at radius 3 is 2.42 bits per heavy atom. The molecular weight excluding hydrogens is 649 g/mol. The molecule has 12 heteroatoms. The Kier molecular flexibility index (Phi) is 10.5. The quantitative estimate of drug-likeness (QED) is 0.150. The molecule has 1 atom stereocenters. The lowest BCUT2D eigenvalue weighted by atomic mass is 10.0. The summed E-state index contributed by atoms with van der Waals surface area (Å²) < 4.78 is 24.4. The highest BCUT2D eigenvalue weighted by atomic mass is 28.4. The average Bonchev–Trinajstić information content (AvgIpc) is 3.61. The van der Waals surface area contributed by atoms with Gasteiger partial charge >= 0.3 is 6.09 Å². The van der Waals surface area contributed by atoms with Crippen molar-refractivity contribution in [3.63, 3.8) is 0 Å². The van der Waals surface area contributed by atoms with Crippen LogP contribution in [0.2, 0.25) is 18.1 Å². The van der Waals surface area contributed by atoms with E-state index in [1.807, 2.05) is 78.1 Å². The molecule has 0 spiro atoms. The Morgan fingerprint density at radius 1 is 1.04 bits per heavy atom. The van der Waals surface area contributed by atoms with E-state index in [9.17, 15) is 4.79 Å². The maximum absolute atomic E-state index is 12.9. The van der Waals surface area contributed by atoms with Gasteiger partial charge < -0.3 is 28.2 Å². The second kappa shape index (κ2) is 14.1. The van der Waals surface area contributed by atoms with E-state index in [1.54, 1.807) is 11.9 Å². The molecule has 4 heterocycles. The zero-order valence-electron chi connectivity index (χ0n) is 31.7. The van der Waals surface area contributed by atoms with Crippen LogP contribution < -0.4 is 9.64 Å². The normalized spacial score (nSPS) is 14.0. The van der Waals surface area contributed by atoms with Gasteiger partial charge in [-0.2, -0.15) is 0 Å². The monoisotopic (exact) mass is 700 g/mol. The molecule has 0 fully saturated rings. The van der Waals surface area contributed by atoms with E-state index in [1.165, 1.54) is 5.56 Å². The van der Waals surface area contributed by atoms with Gasteiger partial charge in [0.25, 0.3) is 0 Å². The number of likely N-dealkylation sites (N-methyl/N-ethyl adjacent to an activating group) is 1. The molecule has 268 valence electrons. The summed E-state index contributed by atoms with van der Waals surface area (Å²) in [5.41, 5.74) is 5.81. The van der Waals surface area contributed by atoms with Gasteiger partial charge in [-0.1, -0.05) is 44.1 Å². The van der Waals surface area contributed by atoms with Gasteiger partial charge in [-0.25, -0.2) is 14.8 Å². The van der Waals surface area contributed by atoms with E-state index >= 15 is 0 Å². The molecule has 0 bridgehead atoms. The maximum atomic E-state index is 12.9. The summed E-state index contributed by atoms with van der Waals surface area (Å²) >= 11 is 0. The lowest BCUT2D eigenvalue weighted by molar-refractivity contribution is 0.0172. The molecule has 0 aliphatic carbocycles. The van der Waals surface area contributed by atoms with Crippen LogP contribution in [0.25, 0.3) is 22.6 Å². The molecule has 11 nitrogen and oxygen atoms in total. The fourth-order valence-corrected chi connectivity index (χ4v) is 7.04. The van der Waals surface area contributed by atoms with Gasteiger partial charge in [0.2, 0.25) is 0 Å². The second-order valence-corrected chi connectivity index (χ2v) is 20.5. The van der Waals surface area contributed by atoms with E-state index < -0.39 is 20.0 Å². The number of anilines is 1. The zero-order chi connectivity index (χ0) is 36.6. The number of fused-ring (bicyclic) bond motifs is 1. The number of aryl methyl sites for hydroxylation is 2. The Hall–Kier alpha value is -4.29. The number of carbonyl (C=O) groups excluding carboxylic acids is 1. The third kappa shape index (κ3) is 8.35. The van der Waals surface area contributed by atoms with Crippen molar-refractivity contribution in [3.05, 3.63) is 70.9 Å². The summed E-state index contributed by atoms with van der Waals surface area (Å²) in [5, 5.41) is 4.19. The summed E-state index contributed by atoms with van der Waals surface area (Å²) in [6.45, 7) is 24.4. The number of pyridine rings is 1. The van der Waals surface area contributed by atoms with Crippen molar-refractivity contribution in [1.29, 1.82) is 0 Å². The Balaban J connectivity index is 1.45. The Morgan fingerprint density at radius 2 is 1.78 bits per heavy atom. The van der Waals surface area contributed by atoms with Crippen molar-refractivity contribution in [2.75, 3.05) is 25.1 Å². The summed E-state index contributed by atoms with van der Waals surface area (Å²) in [6, 6.07) is 11.9. The molecule has 1 amide bonds. The standard InChI is InChI=1S/C38H52N6O5Si/c1-24-33(32-25(2)42-48-26(32)3)40-34(41-35(24)44-20-28-16-14-18-39-31(28)22-44)27-15-13-17-29(19-27)46-23-30(49-50(11,12)38(7,8)9)21-43(10)36(45)47-37(4,5)6/h13-19,30H,20-23H2,1-12H3/t30-/m1/s1. The van der Waals surface area contributed by atoms with Gasteiger partial charge in [-0.3, -0.25) is 4.98 Å². The van der Waals surface area contributed by atoms with Crippen molar-refractivity contribution >= 4 is 20.2 Å². The van der Waals surface area contributed by atoms with Crippen LogP contribution in [0.3, 0.4) is 0 Å². The van der Waals surface area contributed by atoms with Crippen LogP contribution in [-0.4, -0.2) is 71.3 Å². The van der Waals surface area contributed by atoms with Crippen molar-refractivity contribution in [2.24, 2.45) is 0 Å². The molecule has 0 radical (unpaired) electrons.